The zero-order chi connectivity index (χ0) is 10.0. The molecule has 1 aliphatic rings. The molecule has 4 atom stereocenters. The minimum absolute atomic E-state index is 0.172. The van der Waals surface area contributed by atoms with Crippen molar-refractivity contribution in [3.05, 3.63) is 0 Å². The van der Waals surface area contributed by atoms with Crippen molar-refractivity contribution in [2.75, 3.05) is 6.61 Å². The van der Waals surface area contributed by atoms with Crippen LogP contribution in [0.5, 0.6) is 0 Å². The predicted molar refractivity (Wildman–Crippen MR) is 44.8 cm³/mol. The molecule has 0 unspecified atom stereocenters. The van der Waals surface area contributed by atoms with Crippen LogP contribution >= 0.6 is 0 Å². The van der Waals surface area contributed by atoms with Crippen molar-refractivity contribution in [1.29, 1.82) is 0 Å². The minimum atomic E-state index is -0.971. The largest absolute Gasteiger partial charge is 0.396 e. The van der Waals surface area contributed by atoms with Crippen LogP contribution in [0.15, 0.2) is 0 Å². The quantitative estimate of drug-likeness (QED) is 0.413. The van der Waals surface area contributed by atoms with Gasteiger partial charge in [0.15, 0.2) is 0 Å². The van der Waals surface area contributed by atoms with Crippen LogP contribution in [0.25, 0.3) is 0 Å². The summed E-state index contributed by atoms with van der Waals surface area (Å²) in [7, 11) is 0. The summed E-state index contributed by atoms with van der Waals surface area (Å²) in [4.78, 5) is 10.7. The van der Waals surface area contributed by atoms with Crippen LogP contribution in [0.4, 0.5) is 0 Å². The summed E-state index contributed by atoms with van der Waals surface area (Å²) in [5, 5.41) is 30.2. The van der Waals surface area contributed by atoms with E-state index in [0.29, 0.717) is 6.42 Å². The van der Waals surface area contributed by atoms with Crippen LogP contribution in [0.3, 0.4) is 0 Å². The molecule has 0 aliphatic heterocycles. The first kappa shape index (κ1) is 10.4. The highest BCUT2D eigenvalue weighted by Crippen LogP contribution is 2.26. The molecule has 1 rings (SSSR count). The Morgan fingerprint density at radius 3 is 2.46 bits per heavy atom. The lowest BCUT2D eigenvalue weighted by Gasteiger charge is -2.16. The fourth-order valence-corrected chi connectivity index (χ4v) is 1.71. The molecule has 0 aromatic rings. The molecule has 1 saturated carbocycles. The summed E-state index contributed by atoms with van der Waals surface area (Å²) in [5.74, 6) is -0.582. The van der Waals surface area contributed by atoms with E-state index >= 15 is 0 Å². The summed E-state index contributed by atoms with van der Waals surface area (Å²) in [6.45, 7) is 1.18. The van der Waals surface area contributed by atoms with E-state index in [4.69, 9.17) is 5.11 Å². The number of hydrogen-bond donors (Lipinski definition) is 4. The molecule has 0 aromatic heterocycles. The fourth-order valence-electron chi connectivity index (χ4n) is 1.71. The van der Waals surface area contributed by atoms with E-state index in [2.05, 4.69) is 5.32 Å². The Morgan fingerprint density at radius 2 is 2.08 bits per heavy atom. The topological polar surface area (TPSA) is 89.8 Å². The maximum absolute atomic E-state index is 10.7. The lowest BCUT2D eigenvalue weighted by atomic mass is 10.1. The number of amides is 1. The lowest BCUT2D eigenvalue weighted by Crippen LogP contribution is -2.42. The molecule has 1 amide bonds. The van der Waals surface area contributed by atoms with Crippen LogP contribution in [0.1, 0.15) is 13.3 Å². The number of rotatable bonds is 2. The van der Waals surface area contributed by atoms with Gasteiger partial charge in [-0.25, -0.2) is 0 Å². The molecule has 0 saturated heterocycles. The molecular formula is C8H15NO4. The van der Waals surface area contributed by atoms with E-state index < -0.39 is 18.2 Å². The van der Waals surface area contributed by atoms with Gasteiger partial charge >= 0.3 is 0 Å². The smallest absolute Gasteiger partial charge is 0.217 e. The SMILES string of the molecule is CC(=O)N[C@@H]1C[C@H](CO)[C@H](O)[C@@H]1O. The lowest BCUT2D eigenvalue weighted by molar-refractivity contribution is -0.120. The van der Waals surface area contributed by atoms with Crippen molar-refractivity contribution in [3.63, 3.8) is 0 Å². The number of carbonyl (C=O) groups excluding carboxylic acids is 1. The van der Waals surface area contributed by atoms with Crippen molar-refractivity contribution < 1.29 is 20.1 Å². The van der Waals surface area contributed by atoms with Gasteiger partial charge in [0.25, 0.3) is 0 Å². The highest BCUT2D eigenvalue weighted by molar-refractivity contribution is 5.73. The number of carbonyl (C=O) groups is 1. The number of aliphatic hydroxyl groups excluding tert-OH is 3. The zero-order valence-electron chi connectivity index (χ0n) is 7.47. The highest BCUT2D eigenvalue weighted by Gasteiger charge is 2.41. The van der Waals surface area contributed by atoms with E-state index in [0.717, 1.165) is 0 Å². The van der Waals surface area contributed by atoms with Gasteiger partial charge in [-0.1, -0.05) is 0 Å². The van der Waals surface area contributed by atoms with Crippen molar-refractivity contribution >= 4 is 5.91 Å². The molecule has 1 fully saturated rings. The van der Waals surface area contributed by atoms with Gasteiger partial charge in [-0.15, -0.1) is 0 Å². The molecule has 13 heavy (non-hydrogen) atoms. The number of aliphatic hydroxyl groups is 3. The summed E-state index contributed by atoms with van der Waals surface area (Å²) in [6, 6.07) is -0.440. The van der Waals surface area contributed by atoms with Crippen molar-refractivity contribution in [1.82, 2.24) is 5.32 Å². The average Bonchev–Trinajstić information content (AvgIpc) is 2.32. The molecule has 0 heterocycles. The van der Waals surface area contributed by atoms with Crippen molar-refractivity contribution in [2.24, 2.45) is 5.92 Å². The maximum atomic E-state index is 10.7. The van der Waals surface area contributed by atoms with Crippen LogP contribution in [0.2, 0.25) is 0 Å². The van der Waals surface area contributed by atoms with E-state index in [1.165, 1.54) is 6.92 Å². The molecule has 5 nitrogen and oxygen atoms in total. The average molecular weight is 189 g/mol. The number of nitrogens with one attached hydrogen (secondary N) is 1. The Morgan fingerprint density at radius 1 is 1.46 bits per heavy atom. The molecular weight excluding hydrogens is 174 g/mol. The summed E-state index contributed by atoms with van der Waals surface area (Å²) in [5.41, 5.74) is 0. The third-order valence-electron chi connectivity index (χ3n) is 2.42. The van der Waals surface area contributed by atoms with E-state index in [1.807, 2.05) is 0 Å². The van der Waals surface area contributed by atoms with Gasteiger partial charge in [0.05, 0.1) is 12.1 Å². The Balaban J connectivity index is 2.55. The molecule has 1 aliphatic carbocycles. The Labute approximate surface area is 76.4 Å². The Kier molecular flexibility index (Phi) is 3.24. The van der Waals surface area contributed by atoms with Gasteiger partial charge in [-0.2, -0.15) is 0 Å². The van der Waals surface area contributed by atoms with E-state index in [-0.39, 0.29) is 18.4 Å². The second-order valence-electron chi connectivity index (χ2n) is 3.47. The minimum Gasteiger partial charge on any atom is -0.396 e. The van der Waals surface area contributed by atoms with E-state index in [1.54, 1.807) is 0 Å². The van der Waals surface area contributed by atoms with E-state index in [9.17, 15) is 15.0 Å². The zero-order valence-corrected chi connectivity index (χ0v) is 7.47. The standard InChI is InChI=1S/C8H15NO4/c1-4(11)9-6-2-5(3-10)7(12)8(6)13/h5-8,10,12-13H,2-3H2,1H3,(H,9,11)/t5-,6-,7+,8-/m1/s1. The molecule has 0 aromatic carbocycles. The molecule has 4 N–H and O–H groups in total. The molecule has 5 heteroatoms. The first-order valence-electron chi connectivity index (χ1n) is 4.30. The molecule has 76 valence electrons. The Bertz CT molecular complexity index is 197. The maximum Gasteiger partial charge on any atom is 0.217 e. The monoisotopic (exact) mass is 189 g/mol. The van der Waals surface area contributed by atoms with Crippen LogP contribution in [0, 0.1) is 5.92 Å². The van der Waals surface area contributed by atoms with Crippen LogP contribution < -0.4 is 5.32 Å². The fraction of sp³-hybridized carbons (Fsp3) is 0.875. The third kappa shape index (κ3) is 2.18. The van der Waals surface area contributed by atoms with Gasteiger partial charge in [-0.3, -0.25) is 4.79 Å². The predicted octanol–water partition coefficient (Wildman–Crippen LogP) is -1.77. The molecule has 0 radical (unpaired) electrons. The normalized spacial score (nSPS) is 39.1. The Hall–Kier alpha value is -0.650. The summed E-state index contributed by atoms with van der Waals surface area (Å²) >= 11 is 0. The highest BCUT2D eigenvalue weighted by atomic mass is 16.3. The van der Waals surface area contributed by atoms with Crippen LogP contribution in [-0.2, 0) is 4.79 Å². The molecule has 0 spiro atoms. The first-order chi connectivity index (χ1) is 6.06. The van der Waals surface area contributed by atoms with Crippen molar-refractivity contribution in [2.45, 2.75) is 31.6 Å². The van der Waals surface area contributed by atoms with Gasteiger partial charge in [-0.05, 0) is 6.42 Å². The second kappa shape index (κ2) is 4.04. The summed E-state index contributed by atoms with van der Waals surface area (Å²) in [6.07, 6.45) is -1.50. The summed E-state index contributed by atoms with van der Waals surface area (Å²) < 4.78 is 0. The van der Waals surface area contributed by atoms with Gasteiger partial charge < -0.3 is 20.6 Å². The van der Waals surface area contributed by atoms with Gasteiger partial charge in [0, 0.05) is 19.4 Å². The van der Waals surface area contributed by atoms with Gasteiger partial charge in [0.1, 0.15) is 6.10 Å². The molecule has 0 bridgehead atoms. The van der Waals surface area contributed by atoms with Crippen LogP contribution in [-0.4, -0.2) is 46.1 Å². The van der Waals surface area contributed by atoms with Gasteiger partial charge in [0.2, 0.25) is 5.91 Å². The first-order valence-corrected chi connectivity index (χ1v) is 4.30. The number of hydrogen-bond acceptors (Lipinski definition) is 4. The third-order valence-corrected chi connectivity index (χ3v) is 2.42. The second-order valence-corrected chi connectivity index (χ2v) is 3.47. The van der Waals surface area contributed by atoms with Crippen molar-refractivity contribution in [3.8, 4) is 0 Å².